The highest BCUT2D eigenvalue weighted by atomic mass is 32.2. The van der Waals surface area contributed by atoms with E-state index in [1.807, 2.05) is 6.92 Å². The van der Waals surface area contributed by atoms with Crippen LogP contribution in [0.5, 0.6) is 0 Å². The molecule has 0 aliphatic carbocycles. The highest BCUT2D eigenvalue weighted by molar-refractivity contribution is 7.91. The van der Waals surface area contributed by atoms with Gasteiger partial charge in [0.1, 0.15) is 0 Å². The summed E-state index contributed by atoms with van der Waals surface area (Å²) in [4.78, 5) is 12.2. The van der Waals surface area contributed by atoms with Crippen LogP contribution in [0.4, 0.5) is 0 Å². The number of hydrogen-bond acceptors (Lipinski definition) is 4. The Morgan fingerprint density at radius 1 is 1.29 bits per heavy atom. The molecule has 0 radical (unpaired) electrons. The summed E-state index contributed by atoms with van der Waals surface area (Å²) in [5, 5.41) is 6.66. The van der Waals surface area contributed by atoms with E-state index >= 15 is 0 Å². The summed E-state index contributed by atoms with van der Waals surface area (Å²) in [7, 11) is -1.67. The fraction of sp³-hybridized carbons (Fsp3) is 0.294. The highest BCUT2D eigenvalue weighted by Gasteiger charge is 2.19. The Morgan fingerprint density at radius 2 is 1.96 bits per heavy atom. The van der Waals surface area contributed by atoms with Crippen molar-refractivity contribution >= 4 is 21.8 Å². The average Bonchev–Trinajstić information content (AvgIpc) is 2.90. The molecule has 1 atom stereocenters. The number of aromatic nitrogens is 2. The first kappa shape index (κ1) is 17.9. The van der Waals surface area contributed by atoms with Crippen molar-refractivity contribution in [3.63, 3.8) is 0 Å². The first-order valence-corrected chi connectivity index (χ1v) is 9.19. The molecule has 0 bridgehead atoms. The molecule has 2 rings (SSSR count). The summed E-state index contributed by atoms with van der Waals surface area (Å²) in [6.07, 6.45) is 4.63. The lowest BCUT2D eigenvalue weighted by atomic mass is 10.2. The molecule has 6 nitrogen and oxygen atoms in total. The standard InChI is InChI=1S/C17H21N3O3S/c1-13-4-7-16(8-5-13)24(22,23)12-14(2)19-17(21)9-6-15-10-11-18-20(15)3/h4-11,14H,12H2,1-3H3,(H,19,21)/b9-6+/t14-/m1/s1. The summed E-state index contributed by atoms with van der Waals surface area (Å²) in [6, 6.07) is 7.96. The zero-order valence-corrected chi connectivity index (χ0v) is 14.7. The largest absolute Gasteiger partial charge is 0.349 e. The van der Waals surface area contributed by atoms with Crippen LogP contribution in [0.15, 0.2) is 47.5 Å². The topological polar surface area (TPSA) is 81.1 Å². The SMILES string of the molecule is Cc1ccc(S(=O)(=O)C[C@@H](C)NC(=O)/C=C/c2ccnn2C)cc1. The van der Waals surface area contributed by atoms with Gasteiger partial charge < -0.3 is 5.32 Å². The second kappa shape index (κ2) is 7.44. The van der Waals surface area contributed by atoms with E-state index in [2.05, 4.69) is 10.4 Å². The van der Waals surface area contributed by atoms with Gasteiger partial charge in [0.2, 0.25) is 5.91 Å². The molecule has 0 saturated heterocycles. The monoisotopic (exact) mass is 347 g/mol. The molecule has 1 aromatic carbocycles. The van der Waals surface area contributed by atoms with Crippen LogP contribution in [0.2, 0.25) is 0 Å². The van der Waals surface area contributed by atoms with Crippen molar-refractivity contribution in [3.05, 3.63) is 53.9 Å². The summed E-state index contributed by atoms with van der Waals surface area (Å²) < 4.78 is 26.3. The fourth-order valence-corrected chi connectivity index (χ4v) is 3.70. The number of carbonyl (C=O) groups is 1. The van der Waals surface area contributed by atoms with E-state index < -0.39 is 15.9 Å². The van der Waals surface area contributed by atoms with E-state index in [1.165, 1.54) is 6.08 Å². The second-order valence-corrected chi connectivity index (χ2v) is 7.75. The highest BCUT2D eigenvalue weighted by Crippen LogP contribution is 2.13. The molecule has 1 N–H and O–H groups in total. The fourth-order valence-electron chi connectivity index (χ4n) is 2.21. The maximum atomic E-state index is 12.3. The number of benzene rings is 1. The molecule has 0 aliphatic heterocycles. The van der Waals surface area contributed by atoms with Crippen LogP contribution in [-0.4, -0.2) is 35.9 Å². The third-order valence-corrected chi connectivity index (χ3v) is 5.43. The third-order valence-electron chi connectivity index (χ3n) is 3.50. The van der Waals surface area contributed by atoms with Crippen LogP contribution in [0.1, 0.15) is 18.2 Å². The van der Waals surface area contributed by atoms with Gasteiger partial charge in [0, 0.05) is 25.4 Å². The Kier molecular flexibility index (Phi) is 5.56. The van der Waals surface area contributed by atoms with Crippen LogP contribution in [0, 0.1) is 6.92 Å². The molecule has 24 heavy (non-hydrogen) atoms. The van der Waals surface area contributed by atoms with Gasteiger partial charge in [-0.05, 0) is 38.1 Å². The predicted molar refractivity (Wildman–Crippen MR) is 93.1 cm³/mol. The van der Waals surface area contributed by atoms with Gasteiger partial charge >= 0.3 is 0 Å². The Morgan fingerprint density at radius 3 is 2.54 bits per heavy atom. The van der Waals surface area contributed by atoms with Crippen molar-refractivity contribution in [2.45, 2.75) is 24.8 Å². The second-order valence-electron chi connectivity index (χ2n) is 5.72. The minimum atomic E-state index is -3.44. The molecule has 1 heterocycles. The van der Waals surface area contributed by atoms with E-state index in [0.717, 1.165) is 11.3 Å². The minimum Gasteiger partial charge on any atom is -0.349 e. The lowest BCUT2D eigenvalue weighted by molar-refractivity contribution is -0.116. The Balaban J connectivity index is 1.95. The van der Waals surface area contributed by atoms with Crippen molar-refractivity contribution in [2.75, 3.05) is 5.75 Å². The van der Waals surface area contributed by atoms with Crippen molar-refractivity contribution in [1.29, 1.82) is 0 Å². The number of nitrogens with one attached hydrogen (secondary N) is 1. The number of hydrogen-bond donors (Lipinski definition) is 1. The zero-order valence-electron chi connectivity index (χ0n) is 13.9. The first-order chi connectivity index (χ1) is 11.3. The molecule has 0 aliphatic rings. The van der Waals surface area contributed by atoms with E-state index in [1.54, 1.807) is 61.3 Å². The van der Waals surface area contributed by atoms with Gasteiger partial charge in [-0.25, -0.2) is 8.42 Å². The summed E-state index contributed by atoms with van der Waals surface area (Å²) in [5.41, 5.74) is 1.78. The van der Waals surface area contributed by atoms with E-state index in [4.69, 9.17) is 0 Å². The van der Waals surface area contributed by atoms with Gasteiger partial charge in [0.15, 0.2) is 9.84 Å². The number of sulfone groups is 1. The van der Waals surface area contributed by atoms with Gasteiger partial charge in [-0.15, -0.1) is 0 Å². The van der Waals surface area contributed by atoms with Crippen LogP contribution in [-0.2, 0) is 21.7 Å². The smallest absolute Gasteiger partial charge is 0.244 e. The van der Waals surface area contributed by atoms with E-state index in [-0.39, 0.29) is 16.6 Å². The number of rotatable bonds is 6. The first-order valence-electron chi connectivity index (χ1n) is 7.54. The van der Waals surface area contributed by atoms with Crippen LogP contribution >= 0.6 is 0 Å². The van der Waals surface area contributed by atoms with Crippen LogP contribution in [0.3, 0.4) is 0 Å². The molecule has 128 valence electrons. The molecule has 0 unspecified atom stereocenters. The zero-order chi connectivity index (χ0) is 17.7. The van der Waals surface area contributed by atoms with Gasteiger partial charge in [-0.1, -0.05) is 17.7 Å². The van der Waals surface area contributed by atoms with Crippen molar-refractivity contribution < 1.29 is 13.2 Å². The van der Waals surface area contributed by atoms with Gasteiger partial charge in [-0.2, -0.15) is 5.10 Å². The van der Waals surface area contributed by atoms with Crippen molar-refractivity contribution in [3.8, 4) is 0 Å². The van der Waals surface area contributed by atoms with Gasteiger partial charge in [0.05, 0.1) is 16.3 Å². The normalized spacial score (nSPS) is 13.1. The molecule has 7 heteroatoms. The number of aryl methyl sites for hydroxylation is 2. The third kappa shape index (κ3) is 4.79. The Labute approximate surface area is 142 Å². The summed E-state index contributed by atoms with van der Waals surface area (Å²) in [6.45, 7) is 3.56. The Hall–Kier alpha value is -2.41. The lowest BCUT2D eigenvalue weighted by Crippen LogP contribution is -2.36. The predicted octanol–water partition coefficient (Wildman–Crippen LogP) is 1.72. The van der Waals surface area contributed by atoms with E-state index in [0.29, 0.717) is 0 Å². The molecule has 2 aromatic rings. The maximum Gasteiger partial charge on any atom is 0.244 e. The van der Waals surface area contributed by atoms with Crippen molar-refractivity contribution in [1.82, 2.24) is 15.1 Å². The van der Waals surface area contributed by atoms with E-state index in [9.17, 15) is 13.2 Å². The quantitative estimate of drug-likeness (QED) is 0.807. The molecular weight excluding hydrogens is 326 g/mol. The van der Waals surface area contributed by atoms with Crippen molar-refractivity contribution in [2.24, 2.45) is 7.05 Å². The van der Waals surface area contributed by atoms with Crippen LogP contribution in [0.25, 0.3) is 6.08 Å². The van der Waals surface area contributed by atoms with Gasteiger partial charge in [-0.3, -0.25) is 9.48 Å². The van der Waals surface area contributed by atoms with Gasteiger partial charge in [0.25, 0.3) is 0 Å². The molecular formula is C17H21N3O3S. The number of carbonyl (C=O) groups excluding carboxylic acids is 1. The maximum absolute atomic E-state index is 12.3. The minimum absolute atomic E-state index is 0.151. The Bertz CT molecular complexity index is 836. The summed E-state index contributed by atoms with van der Waals surface area (Å²) in [5.74, 6) is -0.496. The molecule has 1 amide bonds. The molecule has 0 fully saturated rings. The average molecular weight is 347 g/mol. The number of nitrogens with zero attached hydrogens (tertiary/aromatic N) is 2. The molecule has 0 saturated carbocycles. The molecule has 1 aromatic heterocycles. The van der Waals surface area contributed by atoms with Crippen LogP contribution < -0.4 is 5.32 Å². The molecule has 0 spiro atoms. The summed E-state index contributed by atoms with van der Waals surface area (Å²) >= 11 is 0. The lowest BCUT2D eigenvalue weighted by Gasteiger charge is -2.13. The number of amides is 1.